The highest BCUT2D eigenvalue weighted by molar-refractivity contribution is 5.87. The van der Waals surface area contributed by atoms with E-state index in [2.05, 4.69) is 5.32 Å². The van der Waals surface area contributed by atoms with Crippen molar-refractivity contribution in [2.45, 2.75) is 58.2 Å². The van der Waals surface area contributed by atoms with E-state index in [0.29, 0.717) is 0 Å². The molecule has 0 saturated carbocycles. The molecule has 0 radical (unpaired) electrons. The van der Waals surface area contributed by atoms with E-state index in [9.17, 15) is 14.4 Å². The molecule has 0 spiro atoms. The quantitative estimate of drug-likeness (QED) is 0.588. The Balaban J connectivity index is 4.70. The van der Waals surface area contributed by atoms with E-state index in [-0.39, 0.29) is 12.8 Å². The highest BCUT2D eigenvalue weighted by atomic mass is 16.6. The molecule has 0 heterocycles. The summed E-state index contributed by atoms with van der Waals surface area (Å²) in [5, 5.41) is 11.0. The van der Waals surface area contributed by atoms with E-state index in [1.54, 1.807) is 20.8 Å². The van der Waals surface area contributed by atoms with Gasteiger partial charge in [0.15, 0.2) is 0 Å². The summed E-state index contributed by atoms with van der Waals surface area (Å²) in [6.45, 7) is 6.53. The molecular formula is C12H22N2O5. The van der Waals surface area contributed by atoms with Gasteiger partial charge in [0.2, 0.25) is 5.91 Å². The number of carboxylic acid groups (broad SMARTS) is 1. The van der Waals surface area contributed by atoms with Gasteiger partial charge >= 0.3 is 11.9 Å². The molecular weight excluding hydrogens is 252 g/mol. The second-order valence-electron chi connectivity index (χ2n) is 5.32. The summed E-state index contributed by atoms with van der Waals surface area (Å²) >= 11 is 0. The summed E-state index contributed by atoms with van der Waals surface area (Å²) in [7, 11) is 0. The Morgan fingerprint density at radius 1 is 1.32 bits per heavy atom. The summed E-state index contributed by atoms with van der Waals surface area (Å²) in [6.07, 6.45) is -0.286. The maximum absolute atomic E-state index is 11.9. The van der Waals surface area contributed by atoms with Crippen LogP contribution < -0.4 is 11.1 Å². The van der Waals surface area contributed by atoms with Crippen LogP contribution in [0.1, 0.15) is 40.5 Å². The summed E-state index contributed by atoms with van der Waals surface area (Å²) in [6, 6.07) is -1.79. The fourth-order valence-corrected chi connectivity index (χ4v) is 1.19. The molecule has 0 bridgehead atoms. The van der Waals surface area contributed by atoms with Crippen LogP contribution in [0.4, 0.5) is 0 Å². The van der Waals surface area contributed by atoms with Crippen molar-refractivity contribution in [1.29, 1.82) is 0 Å². The van der Waals surface area contributed by atoms with Gasteiger partial charge in [0, 0.05) is 6.42 Å². The number of nitrogens with two attached hydrogens (primary N) is 1. The minimum Gasteiger partial charge on any atom is -0.481 e. The van der Waals surface area contributed by atoms with Crippen LogP contribution in [0, 0.1) is 0 Å². The Hall–Kier alpha value is -1.63. The normalized spacial score (nSPS) is 14.4. The van der Waals surface area contributed by atoms with E-state index in [1.807, 2.05) is 0 Å². The summed E-state index contributed by atoms with van der Waals surface area (Å²) < 4.78 is 5.13. The zero-order valence-corrected chi connectivity index (χ0v) is 11.7. The Labute approximate surface area is 112 Å². The van der Waals surface area contributed by atoms with Crippen molar-refractivity contribution in [3.63, 3.8) is 0 Å². The molecule has 0 fully saturated rings. The maximum Gasteiger partial charge on any atom is 0.329 e. The topological polar surface area (TPSA) is 119 Å². The first-order valence-electron chi connectivity index (χ1n) is 6.03. The van der Waals surface area contributed by atoms with Crippen LogP contribution >= 0.6 is 0 Å². The zero-order chi connectivity index (χ0) is 15.2. The number of aliphatic carboxylic acids is 1. The van der Waals surface area contributed by atoms with Crippen LogP contribution in [0.3, 0.4) is 0 Å². The van der Waals surface area contributed by atoms with E-state index in [1.165, 1.54) is 6.92 Å². The molecule has 0 saturated heterocycles. The van der Waals surface area contributed by atoms with E-state index >= 15 is 0 Å². The highest BCUT2D eigenvalue weighted by Crippen LogP contribution is 2.11. The van der Waals surface area contributed by atoms with Gasteiger partial charge in [-0.2, -0.15) is 0 Å². The molecule has 0 aliphatic rings. The Bertz CT molecular complexity index is 347. The van der Waals surface area contributed by atoms with Crippen molar-refractivity contribution < 1.29 is 24.2 Å². The van der Waals surface area contributed by atoms with Crippen LogP contribution in [0.5, 0.6) is 0 Å². The number of hydrogen-bond acceptors (Lipinski definition) is 5. The van der Waals surface area contributed by atoms with E-state index < -0.39 is 35.5 Å². The maximum atomic E-state index is 11.9. The van der Waals surface area contributed by atoms with Crippen molar-refractivity contribution >= 4 is 17.8 Å². The molecule has 4 N–H and O–H groups in total. The molecule has 0 unspecified atom stereocenters. The van der Waals surface area contributed by atoms with Gasteiger partial charge in [0.05, 0.1) is 6.04 Å². The highest BCUT2D eigenvalue weighted by Gasteiger charge is 2.27. The number of carbonyl (C=O) groups excluding carboxylic acids is 2. The minimum absolute atomic E-state index is 0.0390. The third-order valence-electron chi connectivity index (χ3n) is 2.07. The lowest BCUT2D eigenvalue weighted by atomic mass is 10.1. The first-order chi connectivity index (χ1) is 8.53. The monoisotopic (exact) mass is 274 g/mol. The molecule has 0 aromatic rings. The Morgan fingerprint density at radius 3 is 2.21 bits per heavy atom. The van der Waals surface area contributed by atoms with Crippen LogP contribution in [-0.2, 0) is 19.1 Å². The lowest BCUT2D eigenvalue weighted by Gasteiger charge is -2.24. The number of amides is 1. The third-order valence-corrected chi connectivity index (χ3v) is 2.07. The van der Waals surface area contributed by atoms with Gasteiger partial charge in [-0.1, -0.05) is 0 Å². The second kappa shape index (κ2) is 7.08. The molecule has 7 heteroatoms. The van der Waals surface area contributed by atoms with Crippen molar-refractivity contribution in [1.82, 2.24) is 5.32 Å². The fraction of sp³-hybridized carbons (Fsp3) is 0.750. The van der Waals surface area contributed by atoms with Gasteiger partial charge in [0.1, 0.15) is 11.6 Å². The van der Waals surface area contributed by atoms with Gasteiger partial charge in [-0.25, -0.2) is 4.79 Å². The molecule has 2 atom stereocenters. The number of carbonyl (C=O) groups is 3. The summed E-state index contributed by atoms with van der Waals surface area (Å²) in [5.41, 5.74) is 4.68. The molecule has 19 heavy (non-hydrogen) atoms. The smallest absolute Gasteiger partial charge is 0.329 e. The molecule has 0 rings (SSSR count). The predicted molar refractivity (Wildman–Crippen MR) is 68.3 cm³/mol. The van der Waals surface area contributed by atoms with Crippen molar-refractivity contribution in [3.05, 3.63) is 0 Å². The number of rotatable bonds is 6. The SMILES string of the molecule is C[C@H](N)C(=O)N[C@@H](CCC(=O)O)C(=O)OC(C)(C)C. The average molecular weight is 274 g/mol. The van der Waals surface area contributed by atoms with Crippen molar-refractivity contribution in [2.24, 2.45) is 5.73 Å². The first-order valence-corrected chi connectivity index (χ1v) is 6.03. The fourth-order valence-electron chi connectivity index (χ4n) is 1.19. The molecule has 0 aromatic heterocycles. The van der Waals surface area contributed by atoms with Gasteiger partial charge in [-0.15, -0.1) is 0 Å². The lowest BCUT2D eigenvalue weighted by molar-refractivity contribution is -0.159. The van der Waals surface area contributed by atoms with Crippen LogP contribution in [-0.4, -0.2) is 40.6 Å². The van der Waals surface area contributed by atoms with Gasteiger partial charge in [-0.05, 0) is 34.1 Å². The molecule has 0 aliphatic heterocycles. The van der Waals surface area contributed by atoms with Gasteiger partial charge in [-0.3, -0.25) is 9.59 Å². The lowest BCUT2D eigenvalue weighted by Crippen LogP contribution is -2.49. The van der Waals surface area contributed by atoms with E-state index in [0.717, 1.165) is 0 Å². The molecule has 7 nitrogen and oxygen atoms in total. The minimum atomic E-state index is -1.05. The number of nitrogens with one attached hydrogen (secondary N) is 1. The van der Waals surface area contributed by atoms with Crippen LogP contribution in [0.15, 0.2) is 0 Å². The van der Waals surface area contributed by atoms with Gasteiger partial charge < -0.3 is 20.9 Å². The third kappa shape index (κ3) is 8.15. The number of esters is 1. The zero-order valence-electron chi connectivity index (χ0n) is 11.7. The number of carboxylic acids is 1. The Kier molecular flexibility index (Phi) is 6.47. The van der Waals surface area contributed by atoms with Crippen LogP contribution in [0.25, 0.3) is 0 Å². The molecule has 0 aliphatic carbocycles. The first kappa shape index (κ1) is 17.4. The number of ether oxygens (including phenoxy) is 1. The summed E-state index contributed by atoms with van der Waals surface area (Å²) in [5.74, 6) is -2.24. The Morgan fingerprint density at radius 2 is 1.84 bits per heavy atom. The number of hydrogen-bond donors (Lipinski definition) is 3. The molecule has 110 valence electrons. The van der Waals surface area contributed by atoms with E-state index in [4.69, 9.17) is 15.6 Å². The molecule has 0 aromatic carbocycles. The van der Waals surface area contributed by atoms with Crippen LogP contribution in [0.2, 0.25) is 0 Å². The van der Waals surface area contributed by atoms with Crippen molar-refractivity contribution in [2.75, 3.05) is 0 Å². The standard InChI is InChI=1S/C12H22N2O5/c1-7(13)10(17)14-8(5-6-9(15)16)11(18)19-12(2,3)4/h7-8H,5-6,13H2,1-4H3,(H,14,17)(H,15,16)/t7-,8-/m0/s1. The largest absolute Gasteiger partial charge is 0.481 e. The molecule has 1 amide bonds. The summed E-state index contributed by atoms with van der Waals surface area (Å²) in [4.78, 5) is 33.9. The average Bonchev–Trinajstić information content (AvgIpc) is 2.20. The second-order valence-corrected chi connectivity index (χ2v) is 5.32. The van der Waals surface area contributed by atoms with Crippen molar-refractivity contribution in [3.8, 4) is 0 Å². The predicted octanol–water partition coefficient (Wildman–Crippen LogP) is 0.0249. The van der Waals surface area contributed by atoms with Gasteiger partial charge in [0.25, 0.3) is 0 Å².